The number of fused-ring (bicyclic) bond motifs is 1. The third-order valence-electron chi connectivity index (χ3n) is 8.70. The van der Waals surface area contributed by atoms with Crippen LogP contribution in [0, 0.1) is 16.7 Å². The van der Waals surface area contributed by atoms with Crippen molar-refractivity contribution in [1.29, 1.82) is 0 Å². The molecule has 5 rings (SSSR count). The van der Waals surface area contributed by atoms with Crippen LogP contribution in [0.5, 0.6) is 5.75 Å². The second-order valence-corrected chi connectivity index (χ2v) is 11.7. The van der Waals surface area contributed by atoms with E-state index in [9.17, 15) is 4.79 Å². The lowest BCUT2D eigenvalue weighted by Gasteiger charge is -2.09. The molecule has 1 heterocycles. The van der Waals surface area contributed by atoms with E-state index in [0.29, 0.717) is 13.2 Å². The average molecular weight is 510 g/mol. The third kappa shape index (κ3) is 5.28. The molecule has 0 aliphatic heterocycles. The van der Waals surface area contributed by atoms with Gasteiger partial charge in [-0.2, -0.15) is 0 Å². The van der Waals surface area contributed by atoms with Crippen molar-refractivity contribution >= 4 is 16.7 Å². The number of ketones is 1. The van der Waals surface area contributed by atoms with Crippen LogP contribution in [0.4, 0.5) is 0 Å². The van der Waals surface area contributed by atoms with Gasteiger partial charge in [-0.3, -0.25) is 4.79 Å². The molecule has 1 aliphatic carbocycles. The topological polar surface area (TPSA) is 40.5 Å². The zero-order valence-electron chi connectivity index (χ0n) is 23.1. The molecule has 4 heteroatoms. The summed E-state index contributed by atoms with van der Waals surface area (Å²) < 4.78 is 14.2. The Morgan fingerprint density at radius 2 is 1.45 bits per heavy atom. The fraction of sp³-hybridized carbons (Fsp3) is 0.382. The van der Waals surface area contributed by atoms with Crippen molar-refractivity contribution in [2.45, 2.75) is 60.3 Å². The van der Waals surface area contributed by atoms with Crippen LogP contribution in [-0.2, 0) is 24.5 Å². The van der Waals surface area contributed by atoms with Gasteiger partial charge in [0.05, 0.1) is 6.61 Å². The standard InChI is InChI=1S/C34H39NO3/c1-33(2)32(34(33,3)4)31(36)29-22-35(19-11-12-20-37-23-25-13-7-5-8-14-25)30-18-17-27(21-28(29)30)38-24-26-15-9-6-10-16-26/h5-10,13-18,21-22,32H,11-12,19-20,23-24H2,1-4H3. The molecule has 0 bridgehead atoms. The number of rotatable bonds is 12. The average Bonchev–Trinajstić information content (AvgIpc) is 3.16. The monoisotopic (exact) mass is 509 g/mol. The lowest BCUT2D eigenvalue weighted by atomic mass is 10.0. The van der Waals surface area contributed by atoms with Crippen LogP contribution in [0.25, 0.3) is 10.9 Å². The zero-order chi connectivity index (χ0) is 26.8. The number of hydrogen-bond donors (Lipinski definition) is 0. The molecule has 1 saturated carbocycles. The van der Waals surface area contributed by atoms with E-state index in [1.54, 1.807) is 0 Å². The van der Waals surface area contributed by atoms with Crippen LogP contribution in [0.1, 0.15) is 62.0 Å². The van der Waals surface area contributed by atoms with Gasteiger partial charge in [-0.05, 0) is 53.0 Å². The fourth-order valence-corrected chi connectivity index (χ4v) is 5.75. The van der Waals surface area contributed by atoms with Gasteiger partial charge in [0.2, 0.25) is 0 Å². The molecule has 4 aromatic rings. The highest BCUT2D eigenvalue weighted by Crippen LogP contribution is 2.69. The molecule has 0 spiro atoms. The zero-order valence-corrected chi connectivity index (χ0v) is 23.1. The normalized spacial score (nSPS) is 16.0. The minimum absolute atomic E-state index is 0.00395. The molecule has 38 heavy (non-hydrogen) atoms. The number of unbranched alkanes of at least 4 members (excludes halogenated alkanes) is 1. The maximum Gasteiger partial charge on any atom is 0.169 e. The van der Waals surface area contributed by atoms with Gasteiger partial charge in [-0.25, -0.2) is 0 Å². The van der Waals surface area contributed by atoms with Gasteiger partial charge in [-0.15, -0.1) is 0 Å². The molecular weight excluding hydrogens is 470 g/mol. The molecule has 0 amide bonds. The first-order valence-corrected chi connectivity index (χ1v) is 13.7. The fourth-order valence-electron chi connectivity index (χ4n) is 5.75. The Kier molecular flexibility index (Phi) is 7.45. The number of nitrogens with zero attached hydrogens (tertiary/aromatic N) is 1. The third-order valence-corrected chi connectivity index (χ3v) is 8.70. The van der Waals surface area contributed by atoms with Crippen molar-refractivity contribution in [2.24, 2.45) is 16.7 Å². The van der Waals surface area contributed by atoms with E-state index in [1.165, 1.54) is 5.56 Å². The van der Waals surface area contributed by atoms with Gasteiger partial charge in [0.15, 0.2) is 5.78 Å². The number of ether oxygens (including phenoxy) is 2. The smallest absolute Gasteiger partial charge is 0.169 e. The van der Waals surface area contributed by atoms with E-state index < -0.39 is 0 Å². The first kappa shape index (κ1) is 26.2. The Bertz CT molecular complexity index is 1370. The summed E-state index contributed by atoms with van der Waals surface area (Å²) in [5.41, 5.74) is 4.21. The van der Waals surface area contributed by atoms with E-state index >= 15 is 0 Å². The van der Waals surface area contributed by atoms with Crippen molar-refractivity contribution in [3.05, 3.63) is 102 Å². The van der Waals surface area contributed by atoms with Crippen molar-refractivity contribution in [3.63, 3.8) is 0 Å². The Morgan fingerprint density at radius 3 is 2.08 bits per heavy atom. The van der Waals surface area contributed by atoms with Crippen molar-refractivity contribution < 1.29 is 14.3 Å². The van der Waals surface area contributed by atoms with Crippen LogP contribution < -0.4 is 4.74 Å². The van der Waals surface area contributed by atoms with E-state index in [2.05, 4.69) is 68.8 Å². The Labute approximate surface area is 226 Å². The van der Waals surface area contributed by atoms with Crippen molar-refractivity contribution in [2.75, 3.05) is 6.61 Å². The summed E-state index contributed by atoms with van der Waals surface area (Å²) in [5, 5.41) is 0.986. The highest BCUT2D eigenvalue weighted by Gasteiger charge is 2.68. The maximum atomic E-state index is 13.8. The van der Waals surface area contributed by atoms with Crippen LogP contribution in [0.15, 0.2) is 85.1 Å². The number of Topliss-reactive ketones (excluding diaryl/α,β-unsaturated/α-hetero) is 1. The van der Waals surface area contributed by atoms with Crippen LogP contribution >= 0.6 is 0 Å². The highest BCUT2D eigenvalue weighted by atomic mass is 16.5. The minimum atomic E-state index is -0.00395. The van der Waals surface area contributed by atoms with Crippen molar-refractivity contribution in [1.82, 2.24) is 4.57 Å². The highest BCUT2D eigenvalue weighted by molar-refractivity contribution is 6.11. The quantitative estimate of drug-likeness (QED) is 0.143. The number of carbonyl (C=O) groups is 1. The molecule has 1 aromatic heterocycles. The molecule has 4 nitrogen and oxygen atoms in total. The molecule has 0 N–H and O–H groups in total. The number of carbonyl (C=O) groups excluding carboxylic acids is 1. The van der Waals surface area contributed by atoms with Crippen LogP contribution in [0.2, 0.25) is 0 Å². The number of aryl methyl sites for hydroxylation is 1. The van der Waals surface area contributed by atoms with Gasteiger partial charge >= 0.3 is 0 Å². The number of aromatic nitrogens is 1. The molecule has 1 aliphatic rings. The van der Waals surface area contributed by atoms with Crippen LogP contribution in [-0.4, -0.2) is 17.0 Å². The molecule has 0 saturated heterocycles. The lowest BCUT2D eigenvalue weighted by Crippen LogP contribution is -2.07. The number of hydrogen-bond acceptors (Lipinski definition) is 3. The molecule has 198 valence electrons. The first-order chi connectivity index (χ1) is 18.3. The Morgan fingerprint density at radius 1 is 0.816 bits per heavy atom. The predicted molar refractivity (Wildman–Crippen MR) is 153 cm³/mol. The summed E-state index contributed by atoms with van der Waals surface area (Å²) in [6, 6.07) is 26.6. The maximum absolute atomic E-state index is 13.8. The van der Waals surface area contributed by atoms with Gasteiger partial charge < -0.3 is 14.0 Å². The largest absolute Gasteiger partial charge is 0.489 e. The van der Waals surface area contributed by atoms with E-state index in [0.717, 1.165) is 53.8 Å². The second kappa shape index (κ2) is 10.8. The SMILES string of the molecule is CC1(C)C(C(=O)c2cn(CCCCOCc3ccccc3)c3ccc(OCc4ccccc4)cc23)C1(C)C. The summed E-state index contributed by atoms with van der Waals surface area (Å²) in [6.07, 6.45) is 4.03. The lowest BCUT2D eigenvalue weighted by molar-refractivity contribution is 0.0946. The molecular formula is C34H39NO3. The molecule has 0 radical (unpaired) electrons. The summed E-state index contributed by atoms with van der Waals surface area (Å²) in [7, 11) is 0. The van der Waals surface area contributed by atoms with E-state index in [4.69, 9.17) is 9.47 Å². The molecule has 1 fully saturated rings. The summed E-state index contributed by atoms with van der Waals surface area (Å²) in [5.74, 6) is 1.06. The summed E-state index contributed by atoms with van der Waals surface area (Å²) in [4.78, 5) is 13.8. The molecule has 0 atom stereocenters. The first-order valence-electron chi connectivity index (χ1n) is 13.7. The second-order valence-electron chi connectivity index (χ2n) is 11.7. The molecule has 3 aromatic carbocycles. The van der Waals surface area contributed by atoms with Gasteiger partial charge in [0.25, 0.3) is 0 Å². The minimum Gasteiger partial charge on any atom is -0.489 e. The number of benzene rings is 3. The van der Waals surface area contributed by atoms with Gasteiger partial charge in [-0.1, -0.05) is 88.4 Å². The van der Waals surface area contributed by atoms with Gasteiger partial charge in [0.1, 0.15) is 12.4 Å². The summed E-state index contributed by atoms with van der Waals surface area (Å²) in [6.45, 7) is 11.5. The molecule has 0 unspecified atom stereocenters. The Balaban J connectivity index is 1.30. The summed E-state index contributed by atoms with van der Waals surface area (Å²) >= 11 is 0. The van der Waals surface area contributed by atoms with E-state index in [1.807, 2.05) is 48.5 Å². The predicted octanol–water partition coefficient (Wildman–Crippen LogP) is 8.08. The van der Waals surface area contributed by atoms with Crippen molar-refractivity contribution in [3.8, 4) is 5.75 Å². The Hall–Kier alpha value is -3.37. The van der Waals surface area contributed by atoms with E-state index in [-0.39, 0.29) is 22.5 Å². The van der Waals surface area contributed by atoms with Crippen LogP contribution in [0.3, 0.4) is 0 Å². The van der Waals surface area contributed by atoms with Gasteiger partial charge in [0, 0.05) is 41.7 Å².